The summed E-state index contributed by atoms with van der Waals surface area (Å²) in [6.07, 6.45) is 0. The molecule has 5 nitrogen and oxygen atoms in total. The summed E-state index contributed by atoms with van der Waals surface area (Å²) in [6, 6.07) is 3.13. The highest BCUT2D eigenvalue weighted by molar-refractivity contribution is 5.97. The van der Waals surface area contributed by atoms with E-state index >= 15 is 0 Å². The number of ether oxygens (including phenoxy) is 1. The van der Waals surface area contributed by atoms with Gasteiger partial charge in [0.1, 0.15) is 11.5 Å². The van der Waals surface area contributed by atoms with Gasteiger partial charge in [0.25, 0.3) is 0 Å². The molecule has 0 aromatic heterocycles. The monoisotopic (exact) mass is 248 g/mol. The first kappa shape index (κ1) is 11.1. The second-order valence-corrected chi connectivity index (χ2v) is 4.79. The van der Waals surface area contributed by atoms with Crippen molar-refractivity contribution in [3.63, 3.8) is 0 Å². The second-order valence-electron chi connectivity index (χ2n) is 4.79. The molecule has 2 N–H and O–H groups in total. The second kappa shape index (κ2) is 3.48. The summed E-state index contributed by atoms with van der Waals surface area (Å²) in [6.45, 7) is 1.72. The molecule has 3 unspecified atom stereocenters. The minimum Gasteiger partial charge on any atom is -0.507 e. The third kappa shape index (κ3) is 1.33. The lowest BCUT2D eigenvalue weighted by atomic mass is 9.98. The van der Waals surface area contributed by atoms with Crippen LogP contribution >= 0.6 is 0 Å². The van der Waals surface area contributed by atoms with Crippen molar-refractivity contribution in [3.05, 3.63) is 23.3 Å². The van der Waals surface area contributed by atoms with E-state index in [9.17, 15) is 14.7 Å². The molecule has 1 heterocycles. The molecular weight excluding hydrogens is 236 g/mol. The number of carboxylic acids is 1. The summed E-state index contributed by atoms with van der Waals surface area (Å²) in [5.41, 5.74) is 0.695. The average Bonchev–Trinajstić information content (AvgIpc) is 3.02. The fourth-order valence-electron chi connectivity index (χ4n) is 2.82. The van der Waals surface area contributed by atoms with E-state index in [-0.39, 0.29) is 28.9 Å². The van der Waals surface area contributed by atoms with Crippen molar-refractivity contribution in [2.75, 3.05) is 6.61 Å². The molecule has 1 aromatic rings. The van der Waals surface area contributed by atoms with Crippen LogP contribution in [-0.2, 0) is 4.79 Å². The molecule has 18 heavy (non-hydrogen) atoms. The largest absolute Gasteiger partial charge is 0.507 e. The molecule has 3 rings (SSSR count). The van der Waals surface area contributed by atoms with Crippen molar-refractivity contribution < 1.29 is 24.5 Å². The lowest BCUT2D eigenvalue weighted by Crippen LogP contribution is -2.10. The van der Waals surface area contributed by atoms with E-state index in [1.165, 1.54) is 13.0 Å². The Morgan fingerprint density at radius 2 is 2.11 bits per heavy atom. The Balaban J connectivity index is 2.11. The number of fused-ring (bicyclic) bond motifs is 3. The summed E-state index contributed by atoms with van der Waals surface area (Å²) in [7, 11) is 0. The van der Waals surface area contributed by atoms with Gasteiger partial charge < -0.3 is 14.9 Å². The van der Waals surface area contributed by atoms with E-state index in [1.54, 1.807) is 6.07 Å². The number of hydrogen-bond donors (Lipinski definition) is 2. The summed E-state index contributed by atoms with van der Waals surface area (Å²) in [5.74, 6) is -1.60. The number of carboxylic acid groups (broad SMARTS) is 1. The molecule has 1 fully saturated rings. The van der Waals surface area contributed by atoms with E-state index in [4.69, 9.17) is 9.84 Å². The molecule has 0 radical (unpaired) electrons. The SMILES string of the molecule is CC(=O)c1ccc2c(c1O)C1C(CO2)C1C(=O)O. The maximum atomic E-state index is 11.4. The van der Waals surface area contributed by atoms with Crippen LogP contribution in [0.3, 0.4) is 0 Å². The van der Waals surface area contributed by atoms with Gasteiger partial charge in [0, 0.05) is 17.4 Å². The standard InChI is InChI=1S/C13H12O5/c1-5(14)6-2-3-8-11(12(6)15)9-7(4-18-8)10(9)13(16)17/h2-3,7,9-10,15H,4H2,1H3,(H,16,17). The Kier molecular flexibility index (Phi) is 2.14. The molecule has 0 amide bonds. The van der Waals surface area contributed by atoms with Crippen LogP contribution in [0.5, 0.6) is 11.5 Å². The van der Waals surface area contributed by atoms with Gasteiger partial charge in [0.15, 0.2) is 5.78 Å². The Labute approximate surface area is 103 Å². The number of rotatable bonds is 2. The highest BCUT2D eigenvalue weighted by Gasteiger charge is 2.60. The maximum Gasteiger partial charge on any atom is 0.307 e. The van der Waals surface area contributed by atoms with Crippen LogP contribution in [0, 0.1) is 11.8 Å². The fraction of sp³-hybridized carbons (Fsp3) is 0.385. The topological polar surface area (TPSA) is 83.8 Å². The number of aromatic hydroxyl groups is 1. The lowest BCUT2D eigenvalue weighted by Gasteiger charge is -2.18. The van der Waals surface area contributed by atoms with Crippen molar-refractivity contribution in [1.82, 2.24) is 0 Å². The molecule has 1 aromatic carbocycles. The van der Waals surface area contributed by atoms with Gasteiger partial charge in [-0.3, -0.25) is 9.59 Å². The number of benzene rings is 1. The molecule has 5 heteroatoms. The van der Waals surface area contributed by atoms with Gasteiger partial charge in [0.05, 0.1) is 18.1 Å². The molecule has 0 bridgehead atoms. The summed E-state index contributed by atoms with van der Waals surface area (Å²) in [4.78, 5) is 22.4. The van der Waals surface area contributed by atoms with Gasteiger partial charge in [-0.15, -0.1) is 0 Å². The number of phenolic OH excluding ortho intramolecular Hbond substituents is 1. The predicted octanol–water partition coefficient (Wildman–Crippen LogP) is 1.40. The molecule has 94 valence electrons. The Bertz CT molecular complexity index is 563. The zero-order valence-corrected chi connectivity index (χ0v) is 9.71. The van der Waals surface area contributed by atoms with Crippen LogP contribution in [0.1, 0.15) is 28.8 Å². The van der Waals surface area contributed by atoms with Crippen LogP contribution < -0.4 is 4.74 Å². The van der Waals surface area contributed by atoms with E-state index in [1.807, 2.05) is 0 Å². The Hall–Kier alpha value is -2.04. The first-order valence-electron chi connectivity index (χ1n) is 5.74. The highest BCUT2D eigenvalue weighted by Crippen LogP contribution is 2.61. The minimum absolute atomic E-state index is 0.0943. The van der Waals surface area contributed by atoms with Crippen molar-refractivity contribution in [2.45, 2.75) is 12.8 Å². The molecular formula is C13H12O5. The Morgan fingerprint density at radius 1 is 1.39 bits per heavy atom. The molecule has 1 aliphatic carbocycles. The molecule has 1 saturated carbocycles. The van der Waals surface area contributed by atoms with Gasteiger partial charge in [-0.05, 0) is 19.1 Å². The number of hydrogen-bond acceptors (Lipinski definition) is 4. The average molecular weight is 248 g/mol. The normalized spacial score (nSPS) is 27.7. The van der Waals surface area contributed by atoms with E-state index in [0.717, 1.165) is 0 Å². The maximum absolute atomic E-state index is 11.4. The number of carbonyl (C=O) groups is 2. The quantitative estimate of drug-likeness (QED) is 0.773. The third-order valence-corrected chi connectivity index (χ3v) is 3.77. The lowest BCUT2D eigenvalue weighted by molar-refractivity contribution is -0.139. The Morgan fingerprint density at radius 3 is 2.72 bits per heavy atom. The number of Topliss-reactive ketones (excluding diaryl/α,β-unsaturated/α-hetero) is 1. The molecule has 2 aliphatic rings. The van der Waals surface area contributed by atoms with Crippen LogP contribution in [0.2, 0.25) is 0 Å². The fourth-order valence-corrected chi connectivity index (χ4v) is 2.82. The predicted molar refractivity (Wildman–Crippen MR) is 61.0 cm³/mol. The van der Waals surface area contributed by atoms with Gasteiger partial charge >= 0.3 is 5.97 Å². The molecule has 0 spiro atoms. The van der Waals surface area contributed by atoms with Crippen LogP contribution in [-0.4, -0.2) is 28.6 Å². The van der Waals surface area contributed by atoms with Crippen LogP contribution in [0.25, 0.3) is 0 Å². The molecule has 3 atom stereocenters. The van der Waals surface area contributed by atoms with Gasteiger partial charge in [-0.1, -0.05) is 0 Å². The first-order chi connectivity index (χ1) is 8.52. The number of phenols is 1. The summed E-state index contributed by atoms with van der Waals surface area (Å²) < 4.78 is 5.44. The van der Waals surface area contributed by atoms with Crippen molar-refractivity contribution in [1.29, 1.82) is 0 Å². The molecule has 0 saturated heterocycles. The number of ketones is 1. The van der Waals surface area contributed by atoms with Crippen LogP contribution in [0.15, 0.2) is 12.1 Å². The summed E-state index contributed by atoms with van der Waals surface area (Å²) >= 11 is 0. The minimum atomic E-state index is -0.880. The van der Waals surface area contributed by atoms with Gasteiger partial charge in [-0.25, -0.2) is 0 Å². The number of aliphatic carboxylic acids is 1. The van der Waals surface area contributed by atoms with Gasteiger partial charge in [0.2, 0.25) is 0 Å². The van der Waals surface area contributed by atoms with E-state index in [2.05, 4.69) is 0 Å². The number of carbonyl (C=O) groups excluding carboxylic acids is 1. The zero-order valence-electron chi connectivity index (χ0n) is 9.71. The van der Waals surface area contributed by atoms with Crippen molar-refractivity contribution in [3.8, 4) is 11.5 Å². The van der Waals surface area contributed by atoms with E-state index < -0.39 is 11.9 Å². The van der Waals surface area contributed by atoms with Crippen LogP contribution in [0.4, 0.5) is 0 Å². The molecule has 1 aliphatic heterocycles. The zero-order chi connectivity index (χ0) is 13.0. The van der Waals surface area contributed by atoms with Crippen molar-refractivity contribution in [2.24, 2.45) is 11.8 Å². The first-order valence-corrected chi connectivity index (χ1v) is 5.74. The smallest absolute Gasteiger partial charge is 0.307 e. The van der Waals surface area contributed by atoms with Gasteiger partial charge in [-0.2, -0.15) is 0 Å². The third-order valence-electron chi connectivity index (χ3n) is 3.77. The van der Waals surface area contributed by atoms with E-state index in [0.29, 0.717) is 17.9 Å². The van der Waals surface area contributed by atoms with Crippen molar-refractivity contribution >= 4 is 11.8 Å². The summed E-state index contributed by atoms with van der Waals surface area (Å²) in [5, 5.41) is 19.2. The highest BCUT2D eigenvalue weighted by atomic mass is 16.5.